The molecule has 6 atom stereocenters. The SMILES string of the molecule is CC(=O)Oc1cc(C)ccc1C1CC(=O)NC2=CC[C@H]3[C@@H]4CCC[C@@]4(C)CC[C@@H]3[C@]21C. The van der Waals surface area contributed by atoms with Gasteiger partial charge in [0.1, 0.15) is 5.75 Å². The Balaban J connectivity index is 1.61. The van der Waals surface area contributed by atoms with Gasteiger partial charge in [-0.1, -0.05) is 38.5 Å². The zero-order chi connectivity index (χ0) is 22.0. The quantitative estimate of drug-likeness (QED) is 0.496. The molecule has 0 spiro atoms. The third-order valence-corrected chi connectivity index (χ3v) is 9.35. The van der Waals surface area contributed by atoms with Crippen LogP contribution in [0.1, 0.15) is 82.8 Å². The molecule has 1 N–H and O–H groups in total. The number of carbonyl (C=O) groups excluding carboxylic acids is 2. The van der Waals surface area contributed by atoms with E-state index in [1.165, 1.54) is 39.0 Å². The lowest BCUT2D eigenvalue weighted by Gasteiger charge is -2.59. The van der Waals surface area contributed by atoms with Crippen molar-refractivity contribution in [3.63, 3.8) is 0 Å². The van der Waals surface area contributed by atoms with Crippen LogP contribution in [0.3, 0.4) is 0 Å². The molecule has 1 aromatic carbocycles. The van der Waals surface area contributed by atoms with E-state index in [4.69, 9.17) is 4.74 Å². The summed E-state index contributed by atoms with van der Waals surface area (Å²) in [6.07, 6.45) is 10.4. The van der Waals surface area contributed by atoms with Crippen LogP contribution in [-0.2, 0) is 9.59 Å². The highest BCUT2D eigenvalue weighted by atomic mass is 16.5. The third kappa shape index (κ3) is 3.16. The number of amides is 1. The van der Waals surface area contributed by atoms with Gasteiger partial charge < -0.3 is 10.1 Å². The maximum Gasteiger partial charge on any atom is 0.308 e. The number of allylic oxidation sites excluding steroid dienone is 2. The highest BCUT2D eigenvalue weighted by Gasteiger charge is 2.59. The summed E-state index contributed by atoms with van der Waals surface area (Å²) in [6.45, 7) is 8.34. The van der Waals surface area contributed by atoms with Gasteiger partial charge in [-0.15, -0.1) is 0 Å². The van der Waals surface area contributed by atoms with Crippen LogP contribution in [0.2, 0.25) is 0 Å². The molecule has 0 bridgehead atoms. The van der Waals surface area contributed by atoms with Gasteiger partial charge in [0.2, 0.25) is 5.91 Å². The third-order valence-electron chi connectivity index (χ3n) is 9.35. The van der Waals surface area contributed by atoms with Crippen molar-refractivity contribution < 1.29 is 14.3 Å². The van der Waals surface area contributed by atoms with Crippen molar-refractivity contribution in [3.05, 3.63) is 41.1 Å². The number of carbonyl (C=O) groups is 2. The van der Waals surface area contributed by atoms with Gasteiger partial charge in [-0.05, 0) is 79.4 Å². The first-order valence-electron chi connectivity index (χ1n) is 12.0. The van der Waals surface area contributed by atoms with Gasteiger partial charge in [-0.3, -0.25) is 9.59 Å². The first kappa shape index (κ1) is 20.8. The van der Waals surface area contributed by atoms with Crippen LogP contribution in [0.25, 0.3) is 0 Å². The van der Waals surface area contributed by atoms with Gasteiger partial charge in [0.25, 0.3) is 0 Å². The largest absolute Gasteiger partial charge is 0.426 e. The van der Waals surface area contributed by atoms with Gasteiger partial charge >= 0.3 is 5.97 Å². The van der Waals surface area contributed by atoms with E-state index in [1.54, 1.807) is 0 Å². The lowest BCUT2D eigenvalue weighted by molar-refractivity contribution is -0.132. The number of rotatable bonds is 2. The maximum absolute atomic E-state index is 12.8. The van der Waals surface area contributed by atoms with E-state index in [2.05, 4.69) is 37.4 Å². The van der Waals surface area contributed by atoms with Crippen molar-refractivity contribution in [3.8, 4) is 5.75 Å². The fourth-order valence-corrected chi connectivity index (χ4v) is 7.86. The normalized spacial score (nSPS) is 39.0. The molecule has 5 rings (SSSR count). The second kappa shape index (κ2) is 7.21. The van der Waals surface area contributed by atoms with Gasteiger partial charge in [0.05, 0.1) is 0 Å². The second-order valence-corrected chi connectivity index (χ2v) is 11.0. The number of aryl methyl sites for hydroxylation is 1. The number of nitrogens with one attached hydrogen (secondary N) is 1. The maximum atomic E-state index is 12.8. The number of ether oxygens (including phenoxy) is 1. The lowest BCUT2D eigenvalue weighted by atomic mass is 9.47. The van der Waals surface area contributed by atoms with Crippen LogP contribution >= 0.6 is 0 Å². The van der Waals surface area contributed by atoms with E-state index >= 15 is 0 Å². The highest BCUT2D eigenvalue weighted by Crippen LogP contribution is 2.66. The summed E-state index contributed by atoms with van der Waals surface area (Å²) in [4.78, 5) is 24.6. The molecule has 4 nitrogen and oxygen atoms in total. The first-order chi connectivity index (χ1) is 14.7. The summed E-state index contributed by atoms with van der Waals surface area (Å²) < 4.78 is 5.67. The van der Waals surface area contributed by atoms with E-state index in [0.717, 1.165) is 29.2 Å². The molecule has 1 aromatic rings. The minimum Gasteiger partial charge on any atom is -0.426 e. The number of fused-ring (bicyclic) bond motifs is 5. The summed E-state index contributed by atoms with van der Waals surface area (Å²) in [5, 5.41) is 3.25. The van der Waals surface area contributed by atoms with E-state index in [9.17, 15) is 9.59 Å². The summed E-state index contributed by atoms with van der Waals surface area (Å²) in [7, 11) is 0. The molecule has 166 valence electrons. The Morgan fingerprint density at radius 1 is 1.16 bits per heavy atom. The van der Waals surface area contributed by atoms with Crippen molar-refractivity contribution in [1.82, 2.24) is 5.32 Å². The number of piperidine rings is 1. The zero-order valence-corrected chi connectivity index (χ0v) is 19.3. The Morgan fingerprint density at radius 3 is 2.74 bits per heavy atom. The van der Waals surface area contributed by atoms with Crippen LogP contribution in [0.4, 0.5) is 0 Å². The predicted molar refractivity (Wildman–Crippen MR) is 120 cm³/mol. The van der Waals surface area contributed by atoms with E-state index in [-0.39, 0.29) is 23.2 Å². The van der Waals surface area contributed by atoms with E-state index < -0.39 is 0 Å². The molecule has 4 heteroatoms. The monoisotopic (exact) mass is 421 g/mol. The Morgan fingerprint density at radius 2 is 1.97 bits per heavy atom. The van der Waals surface area contributed by atoms with Crippen LogP contribution in [-0.4, -0.2) is 11.9 Å². The summed E-state index contributed by atoms with van der Waals surface area (Å²) in [5.74, 6) is 2.40. The number of esters is 1. The minimum atomic E-state index is -0.311. The van der Waals surface area contributed by atoms with Crippen LogP contribution in [0.15, 0.2) is 30.0 Å². The van der Waals surface area contributed by atoms with Crippen molar-refractivity contribution in [2.75, 3.05) is 0 Å². The molecule has 1 aliphatic heterocycles. The predicted octanol–water partition coefficient (Wildman–Crippen LogP) is 5.65. The lowest BCUT2D eigenvalue weighted by Crippen LogP contribution is -2.55. The standard InChI is InChI=1S/C27H35NO3/c1-16-7-8-19(23(14-16)31-17(2)29)22-15-25(30)28-24-10-9-18-20-6-5-12-26(20,3)13-11-21(18)27(22,24)4/h7-8,10,14,18,20-22H,5-6,9,11-13,15H2,1-4H3,(H,28,30)/t18-,20-,21-,22?,26-,27-/m0/s1. The van der Waals surface area contributed by atoms with Crippen molar-refractivity contribution >= 4 is 11.9 Å². The molecule has 3 aliphatic carbocycles. The molecule has 0 aromatic heterocycles. The summed E-state index contributed by atoms with van der Waals surface area (Å²) >= 11 is 0. The topological polar surface area (TPSA) is 55.4 Å². The number of hydrogen-bond donors (Lipinski definition) is 1. The van der Waals surface area contributed by atoms with Gasteiger partial charge in [-0.25, -0.2) is 0 Å². The summed E-state index contributed by atoms with van der Waals surface area (Å²) in [5.41, 5.74) is 3.51. The van der Waals surface area contributed by atoms with Gasteiger partial charge in [0, 0.05) is 30.4 Å². The fraction of sp³-hybridized carbons (Fsp3) is 0.630. The zero-order valence-electron chi connectivity index (χ0n) is 19.3. The smallest absolute Gasteiger partial charge is 0.308 e. The molecular weight excluding hydrogens is 386 g/mol. The van der Waals surface area contributed by atoms with E-state index in [1.807, 2.05) is 13.0 Å². The molecule has 1 heterocycles. The number of benzene rings is 1. The highest BCUT2D eigenvalue weighted by molar-refractivity contribution is 5.81. The molecule has 0 radical (unpaired) electrons. The molecule has 1 amide bonds. The molecule has 4 aliphatic rings. The van der Waals surface area contributed by atoms with Gasteiger partial charge in [0.15, 0.2) is 0 Å². The molecule has 1 saturated heterocycles. The Hall–Kier alpha value is -2.10. The minimum absolute atomic E-state index is 0.0148. The Bertz CT molecular complexity index is 965. The van der Waals surface area contributed by atoms with E-state index in [0.29, 0.717) is 29.4 Å². The Kier molecular flexibility index (Phi) is 4.84. The average Bonchev–Trinajstić information content (AvgIpc) is 3.10. The average molecular weight is 422 g/mol. The van der Waals surface area contributed by atoms with Crippen LogP contribution in [0, 0.1) is 35.5 Å². The molecule has 31 heavy (non-hydrogen) atoms. The molecule has 2 saturated carbocycles. The van der Waals surface area contributed by atoms with Crippen molar-refractivity contribution in [1.29, 1.82) is 0 Å². The first-order valence-corrected chi connectivity index (χ1v) is 12.0. The van der Waals surface area contributed by atoms with Gasteiger partial charge in [-0.2, -0.15) is 0 Å². The fourth-order valence-electron chi connectivity index (χ4n) is 7.86. The van der Waals surface area contributed by atoms with Crippen LogP contribution in [0.5, 0.6) is 5.75 Å². The number of hydrogen-bond acceptors (Lipinski definition) is 3. The van der Waals surface area contributed by atoms with Crippen LogP contribution < -0.4 is 10.1 Å². The van der Waals surface area contributed by atoms with Crippen molar-refractivity contribution in [2.45, 2.75) is 78.6 Å². The molecule has 1 unspecified atom stereocenters. The molecule has 3 fully saturated rings. The Labute approximate surface area is 185 Å². The van der Waals surface area contributed by atoms with Crippen molar-refractivity contribution in [2.24, 2.45) is 28.6 Å². The second-order valence-electron chi connectivity index (χ2n) is 11.0. The molecular formula is C27H35NO3. The summed E-state index contributed by atoms with van der Waals surface area (Å²) in [6, 6.07) is 6.12.